The van der Waals surface area contributed by atoms with E-state index in [4.69, 9.17) is 9.29 Å². The van der Waals surface area contributed by atoms with Gasteiger partial charge in [-0.25, -0.2) is 4.79 Å². The van der Waals surface area contributed by atoms with E-state index in [9.17, 15) is 13.2 Å². The first-order chi connectivity index (χ1) is 8.49. The van der Waals surface area contributed by atoms with Gasteiger partial charge < -0.3 is 4.74 Å². The Balaban J connectivity index is 2.99. The number of carbonyl (C=O) groups is 1. The Kier molecular flexibility index (Phi) is 4.49. The van der Waals surface area contributed by atoms with Crippen LogP contribution >= 0.6 is 12.6 Å². The molecule has 19 heavy (non-hydrogen) atoms. The van der Waals surface area contributed by atoms with Gasteiger partial charge in [-0.2, -0.15) is 8.42 Å². The second-order valence-electron chi connectivity index (χ2n) is 4.78. The van der Waals surface area contributed by atoms with Crippen LogP contribution in [-0.2, 0) is 14.9 Å². The number of benzene rings is 1. The van der Waals surface area contributed by atoms with Gasteiger partial charge in [0.25, 0.3) is 10.1 Å². The molecule has 0 heterocycles. The lowest BCUT2D eigenvalue weighted by Crippen LogP contribution is -2.27. The first-order valence-corrected chi connectivity index (χ1v) is 7.18. The highest BCUT2D eigenvalue weighted by molar-refractivity contribution is 7.85. The predicted molar refractivity (Wildman–Crippen MR) is 73.4 cm³/mol. The Morgan fingerprint density at radius 2 is 1.95 bits per heavy atom. The van der Waals surface area contributed by atoms with Crippen LogP contribution in [-0.4, -0.2) is 24.7 Å². The van der Waals surface area contributed by atoms with Crippen LogP contribution in [0.1, 0.15) is 20.8 Å². The zero-order chi connectivity index (χ0) is 14.8. The Morgan fingerprint density at radius 3 is 2.42 bits per heavy atom. The normalized spacial score (nSPS) is 12.1. The minimum absolute atomic E-state index is 0.132. The highest BCUT2D eigenvalue weighted by Gasteiger charge is 2.18. The molecule has 0 aromatic heterocycles. The second-order valence-corrected chi connectivity index (χ2v) is 6.68. The zero-order valence-electron chi connectivity index (χ0n) is 10.7. The van der Waals surface area contributed by atoms with Crippen LogP contribution in [0.2, 0.25) is 0 Å². The van der Waals surface area contributed by atoms with Crippen LogP contribution in [0.4, 0.5) is 10.5 Å². The number of thiol groups is 1. The van der Waals surface area contributed by atoms with Gasteiger partial charge in [0.1, 0.15) is 5.60 Å². The van der Waals surface area contributed by atoms with Crippen molar-refractivity contribution < 1.29 is 22.5 Å². The van der Waals surface area contributed by atoms with E-state index >= 15 is 0 Å². The minimum Gasteiger partial charge on any atom is -0.444 e. The summed E-state index contributed by atoms with van der Waals surface area (Å²) in [4.78, 5) is 11.6. The largest absolute Gasteiger partial charge is 0.444 e. The molecule has 0 radical (unpaired) electrons. The third-order valence-corrected chi connectivity index (χ3v) is 3.14. The highest BCUT2D eigenvalue weighted by atomic mass is 32.2. The fourth-order valence-electron chi connectivity index (χ4n) is 1.19. The van der Waals surface area contributed by atoms with Gasteiger partial charge in [-0.15, -0.1) is 12.6 Å². The van der Waals surface area contributed by atoms with Gasteiger partial charge in [-0.3, -0.25) is 9.87 Å². The lowest BCUT2D eigenvalue weighted by Gasteiger charge is -2.20. The van der Waals surface area contributed by atoms with Crippen molar-refractivity contribution >= 4 is 34.5 Å². The topological polar surface area (TPSA) is 92.7 Å². The zero-order valence-corrected chi connectivity index (χ0v) is 12.4. The highest BCUT2D eigenvalue weighted by Crippen LogP contribution is 2.24. The fraction of sp³-hybridized carbons (Fsp3) is 0.364. The molecule has 1 rings (SSSR count). The monoisotopic (exact) mass is 305 g/mol. The van der Waals surface area contributed by atoms with E-state index in [0.717, 1.165) is 6.07 Å². The third-order valence-electron chi connectivity index (χ3n) is 1.90. The number of anilines is 1. The van der Waals surface area contributed by atoms with Crippen molar-refractivity contribution in [1.82, 2.24) is 0 Å². The lowest BCUT2D eigenvalue weighted by molar-refractivity contribution is 0.0635. The van der Waals surface area contributed by atoms with E-state index in [0.29, 0.717) is 4.90 Å². The van der Waals surface area contributed by atoms with Crippen LogP contribution in [0, 0.1) is 0 Å². The van der Waals surface area contributed by atoms with Gasteiger partial charge in [0.2, 0.25) is 0 Å². The van der Waals surface area contributed by atoms with Gasteiger partial charge in [-0.1, -0.05) is 0 Å². The molecule has 0 bridgehead atoms. The van der Waals surface area contributed by atoms with Crippen molar-refractivity contribution in [3.8, 4) is 0 Å². The number of hydrogen-bond donors (Lipinski definition) is 3. The molecule has 0 spiro atoms. The molecule has 0 saturated heterocycles. The van der Waals surface area contributed by atoms with Crippen LogP contribution < -0.4 is 5.32 Å². The summed E-state index contributed by atoms with van der Waals surface area (Å²) in [5.74, 6) is 0. The predicted octanol–water partition coefficient (Wildman–Crippen LogP) is 2.57. The van der Waals surface area contributed by atoms with Crippen molar-refractivity contribution in [3.05, 3.63) is 18.2 Å². The number of rotatable bonds is 2. The van der Waals surface area contributed by atoms with Crippen molar-refractivity contribution in [2.75, 3.05) is 5.32 Å². The van der Waals surface area contributed by atoms with Crippen LogP contribution in [0.15, 0.2) is 28.0 Å². The average molecular weight is 305 g/mol. The fourth-order valence-corrected chi connectivity index (χ4v) is 1.89. The number of amides is 1. The van der Waals surface area contributed by atoms with Crippen LogP contribution in [0.5, 0.6) is 0 Å². The molecule has 0 aliphatic heterocycles. The van der Waals surface area contributed by atoms with Gasteiger partial charge in [0, 0.05) is 4.90 Å². The third kappa shape index (κ3) is 5.09. The van der Waals surface area contributed by atoms with Gasteiger partial charge in [0.05, 0.1) is 10.6 Å². The first kappa shape index (κ1) is 15.8. The van der Waals surface area contributed by atoms with E-state index in [1.54, 1.807) is 20.8 Å². The maximum absolute atomic E-state index is 11.6. The molecule has 2 N–H and O–H groups in total. The quantitative estimate of drug-likeness (QED) is 0.577. The lowest BCUT2D eigenvalue weighted by atomic mass is 10.2. The van der Waals surface area contributed by atoms with Crippen molar-refractivity contribution in [2.24, 2.45) is 0 Å². The molecular weight excluding hydrogens is 290 g/mol. The minimum atomic E-state index is -4.34. The second kappa shape index (κ2) is 5.40. The van der Waals surface area contributed by atoms with Gasteiger partial charge in [0.15, 0.2) is 0 Å². The Morgan fingerprint density at radius 1 is 1.37 bits per heavy atom. The Bertz CT molecular complexity index is 590. The summed E-state index contributed by atoms with van der Waals surface area (Å²) in [7, 11) is -4.34. The smallest absolute Gasteiger partial charge is 0.412 e. The molecule has 6 nitrogen and oxygen atoms in total. The molecular formula is C11H15NO5S2. The molecule has 0 aliphatic carbocycles. The number of carbonyl (C=O) groups excluding carboxylic acids is 1. The Hall–Kier alpha value is -1.25. The van der Waals surface area contributed by atoms with E-state index in [2.05, 4.69) is 17.9 Å². The van der Waals surface area contributed by atoms with Crippen molar-refractivity contribution in [2.45, 2.75) is 36.2 Å². The molecule has 8 heteroatoms. The van der Waals surface area contributed by atoms with E-state index < -0.39 is 21.8 Å². The summed E-state index contributed by atoms with van der Waals surface area (Å²) in [6, 6.07) is 3.62. The standard InChI is InChI=1S/C11H15NO5S2/c1-11(2,3)17-10(13)12-8-6-7(19(14,15)16)4-5-9(8)18/h4-6,18H,1-3H3,(H,12,13)(H,14,15,16). The molecule has 0 fully saturated rings. The molecule has 0 atom stereocenters. The van der Waals surface area contributed by atoms with Gasteiger partial charge in [-0.05, 0) is 39.0 Å². The summed E-state index contributed by atoms with van der Waals surface area (Å²) >= 11 is 4.08. The Labute approximate surface area is 117 Å². The van der Waals surface area contributed by atoms with Crippen molar-refractivity contribution in [1.29, 1.82) is 0 Å². The average Bonchev–Trinajstić information content (AvgIpc) is 2.16. The van der Waals surface area contributed by atoms with Crippen LogP contribution in [0.3, 0.4) is 0 Å². The SMILES string of the molecule is CC(C)(C)OC(=O)Nc1cc(S(=O)(=O)O)ccc1S. The number of nitrogens with one attached hydrogen (secondary N) is 1. The van der Waals surface area contributed by atoms with E-state index in [-0.39, 0.29) is 10.6 Å². The maximum Gasteiger partial charge on any atom is 0.412 e. The van der Waals surface area contributed by atoms with Crippen LogP contribution in [0.25, 0.3) is 0 Å². The molecule has 1 amide bonds. The summed E-state index contributed by atoms with van der Waals surface area (Å²) in [6.45, 7) is 5.09. The first-order valence-electron chi connectivity index (χ1n) is 5.29. The molecule has 0 aliphatic rings. The summed E-state index contributed by atoms with van der Waals surface area (Å²) in [5, 5.41) is 2.37. The summed E-state index contributed by atoms with van der Waals surface area (Å²) in [5.41, 5.74) is -0.547. The summed E-state index contributed by atoms with van der Waals surface area (Å²) < 4.78 is 35.9. The molecule has 0 saturated carbocycles. The molecule has 1 aromatic rings. The maximum atomic E-state index is 11.6. The van der Waals surface area contributed by atoms with Crippen molar-refractivity contribution in [3.63, 3.8) is 0 Å². The molecule has 1 aromatic carbocycles. The van der Waals surface area contributed by atoms with Gasteiger partial charge >= 0.3 is 6.09 Å². The van der Waals surface area contributed by atoms with E-state index in [1.807, 2.05) is 0 Å². The number of ether oxygens (including phenoxy) is 1. The number of hydrogen-bond acceptors (Lipinski definition) is 5. The summed E-state index contributed by atoms with van der Waals surface area (Å²) in [6.07, 6.45) is -0.740. The van der Waals surface area contributed by atoms with E-state index in [1.165, 1.54) is 12.1 Å². The molecule has 0 unspecified atom stereocenters. The molecule has 106 valence electrons.